The number of hydrogen-bond donors (Lipinski definition) is 1. The quantitative estimate of drug-likeness (QED) is 0.519. The van der Waals surface area contributed by atoms with Crippen LogP contribution in [0.15, 0.2) is 47.4 Å². The van der Waals surface area contributed by atoms with Crippen LogP contribution in [-0.2, 0) is 21.2 Å². The first-order valence-corrected chi connectivity index (χ1v) is 13.0. The van der Waals surface area contributed by atoms with E-state index in [1.807, 2.05) is 31.2 Å². The Balaban J connectivity index is 1.58. The molecular formula is C25H34N2O6S. The summed E-state index contributed by atoms with van der Waals surface area (Å²) in [5.41, 5.74) is 0.689. The highest BCUT2D eigenvalue weighted by molar-refractivity contribution is 7.89. The molecule has 0 bridgehead atoms. The SMILES string of the molecule is COc1ccc(S(=O)(=O)N2CCCCC2)cc1CCC(=O)NC(C)COc1ccccc1OC. The molecule has 1 fully saturated rings. The van der Waals surface area contributed by atoms with Crippen LogP contribution < -0.4 is 19.5 Å². The Morgan fingerprint density at radius 3 is 2.35 bits per heavy atom. The summed E-state index contributed by atoms with van der Waals surface area (Å²) in [5, 5.41) is 2.92. The van der Waals surface area contributed by atoms with Crippen LogP contribution in [0.4, 0.5) is 0 Å². The molecule has 1 amide bonds. The normalized spacial score (nSPS) is 15.4. The number of carbonyl (C=O) groups excluding carboxylic acids is 1. The molecule has 1 aliphatic rings. The standard InChI is InChI=1S/C25H34N2O6S/c1-19(18-33-24-10-6-5-9-23(24)32-3)26-25(28)14-11-20-17-21(12-13-22(20)31-2)34(29,30)27-15-7-4-8-16-27/h5-6,9-10,12-13,17,19H,4,7-8,11,14-16,18H2,1-3H3,(H,26,28). The first-order chi connectivity index (χ1) is 16.3. The molecule has 8 nitrogen and oxygen atoms in total. The summed E-state index contributed by atoms with van der Waals surface area (Å²) in [4.78, 5) is 12.8. The van der Waals surface area contributed by atoms with Crippen molar-refractivity contribution in [1.82, 2.24) is 9.62 Å². The number of nitrogens with zero attached hydrogens (tertiary/aromatic N) is 1. The van der Waals surface area contributed by atoms with Gasteiger partial charge in [0.15, 0.2) is 11.5 Å². The van der Waals surface area contributed by atoms with Crippen molar-refractivity contribution >= 4 is 15.9 Å². The van der Waals surface area contributed by atoms with Gasteiger partial charge in [-0.1, -0.05) is 18.6 Å². The third-order valence-corrected chi connectivity index (χ3v) is 7.69. The average molecular weight is 491 g/mol. The van der Waals surface area contributed by atoms with Crippen molar-refractivity contribution in [3.8, 4) is 17.2 Å². The van der Waals surface area contributed by atoms with Gasteiger partial charge in [-0.25, -0.2) is 8.42 Å². The number of hydrogen-bond acceptors (Lipinski definition) is 6. The molecule has 0 spiro atoms. The number of piperidine rings is 1. The second-order valence-electron chi connectivity index (χ2n) is 8.37. The van der Waals surface area contributed by atoms with E-state index in [0.717, 1.165) is 19.3 Å². The lowest BCUT2D eigenvalue weighted by molar-refractivity contribution is -0.121. The molecule has 34 heavy (non-hydrogen) atoms. The highest BCUT2D eigenvalue weighted by Crippen LogP contribution is 2.28. The number of methoxy groups -OCH3 is 2. The molecular weight excluding hydrogens is 456 g/mol. The Hall–Kier alpha value is -2.78. The van der Waals surface area contributed by atoms with Crippen molar-refractivity contribution in [2.45, 2.75) is 50.0 Å². The zero-order chi connectivity index (χ0) is 24.6. The molecule has 1 heterocycles. The summed E-state index contributed by atoms with van der Waals surface area (Å²) in [7, 11) is -0.442. The summed E-state index contributed by atoms with van der Waals surface area (Å²) < 4.78 is 44.1. The molecule has 1 unspecified atom stereocenters. The molecule has 9 heteroatoms. The third kappa shape index (κ3) is 6.64. The van der Waals surface area contributed by atoms with E-state index in [9.17, 15) is 13.2 Å². The van der Waals surface area contributed by atoms with Gasteiger partial charge in [0.25, 0.3) is 0 Å². The van der Waals surface area contributed by atoms with Crippen molar-refractivity contribution in [2.24, 2.45) is 0 Å². The maximum Gasteiger partial charge on any atom is 0.243 e. The van der Waals surface area contributed by atoms with Gasteiger partial charge < -0.3 is 19.5 Å². The molecule has 1 atom stereocenters. The number of benzene rings is 2. The maximum absolute atomic E-state index is 13.0. The molecule has 2 aromatic carbocycles. The molecule has 0 saturated carbocycles. The lowest BCUT2D eigenvalue weighted by Crippen LogP contribution is -2.37. The van der Waals surface area contributed by atoms with Crippen molar-refractivity contribution in [3.63, 3.8) is 0 Å². The number of para-hydroxylation sites is 2. The summed E-state index contributed by atoms with van der Waals surface area (Å²) >= 11 is 0. The molecule has 1 aliphatic heterocycles. The molecule has 0 aliphatic carbocycles. The minimum Gasteiger partial charge on any atom is -0.496 e. The summed E-state index contributed by atoms with van der Waals surface area (Å²) in [5.74, 6) is 1.66. The lowest BCUT2D eigenvalue weighted by atomic mass is 10.1. The maximum atomic E-state index is 13.0. The zero-order valence-corrected chi connectivity index (χ0v) is 20.9. The van der Waals surface area contributed by atoms with Crippen LogP contribution in [0.25, 0.3) is 0 Å². The van der Waals surface area contributed by atoms with E-state index in [1.54, 1.807) is 25.3 Å². The smallest absolute Gasteiger partial charge is 0.243 e. The number of aryl methyl sites for hydroxylation is 1. The fraction of sp³-hybridized carbons (Fsp3) is 0.480. The Morgan fingerprint density at radius 1 is 1.00 bits per heavy atom. The van der Waals surface area contributed by atoms with Crippen LogP contribution in [0.3, 0.4) is 0 Å². The zero-order valence-electron chi connectivity index (χ0n) is 20.1. The minimum atomic E-state index is -3.56. The van der Waals surface area contributed by atoms with Crippen LogP contribution >= 0.6 is 0 Å². The number of nitrogens with one attached hydrogen (secondary N) is 1. The summed E-state index contributed by atoms with van der Waals surface area (Å²) in [6.45, 7) is 3.24. The second-order valence-corrected chi connectivity index (χ2v) is 10.3. The van der Waals surface area contributed by atoms with Crippen LogP contribution in [0, 0.1) is 0 Å². The van der Waals surface area contributed by atoms with Crippen LogP contribution in [-0.4, -0.2) is 58.6 Å². The Kier molecular flexibility index (Phi) is 9.18. The second kappa shape index (κ2) is 12.1. The number of sulfonamides is 1. The van der Waals surface area contributed by atoms with E-state index in [0.29, 0.717) is 48.9 Å². The van der Waals surface area contributed by atoms with E-state index in [-0.39, 0.29) is 23.3 Å². The number of amides is 1. The van der Waals surface area contributed by atoms with Gasteiger partial charge >= 0.3 is 0 Å². The van der Waals surface area contributed by atoms with E-state index in [2.05, 4.69) is 5.32 Å². The Labute approximate surface area is 202 Å². The van der Waals surface area contributed by atoms with Crippen molar-refractivity contribution in [1.29, 1.82) is 0 Å². The molecule has 1 saturated heterocycles. The van der Waals surface area contributed by atoms with Gasteiger partial charge in [-0.05, 0) is 62.1 Å². The molecule has 0 aromatic heterocycles. The van der Waals surface area contributed by atoms with Crippen LogP contribution in [0.2, 0.25) is 0 Å². The summed E-state index contributed by atoms with van der Waals surface area (Å²) in [6.07, 6.45) is 3.36. The highest BCUT2D eigenvalue weighted by Gasteiger charge is 2.26. The van der Waals surface area contributed by atoms with Gasteiger partial charge in [-0.15, -0.1) is 0 Å². The predicted octanol–water partition coefficient (Wildman–Crippen LogP) is 3.39. The average Bonchev–Trinajstić information content (AvgIpc) is 2.86. The molecule has 3 rings (SSSR count). The van der Waals surface area contributed by atoms with E-state index < -0.39 is 10.0 Å². The Bertz CT molecular complexity index is 1070. The van der Waals surface area contributed by atoms with E-state index >= 15 is 0 Å². The topological polar surface area (TPSA) is 94.2 Å². The predicted molar refractivity (Wildman–Crippen MR) is 130 cm³/mol. The number of ether oxygens (including phenoxy) is 3. The van der Waals surface area contributed by atoms with Gasteiger partial charge in [-0.3, -0.25) is 4.79 Å². The first kappa shape index (κ1) is 25.8. The largest absolute Gasteiger partial charge is 0.496 e. The fourth-order valence-electron chi connectivity index (χ4n) is 3.95. The fourth-order valence-corrected chi connectivity index (χ4v) is 5.52. The third-order valence-electron chi connectivity index (χ3n) is 5.79. The van der Waals surface area contributed by atoms with Gasteiger partial charge in [0.1, 0.15) is 12.4 Å². The minimum absolute atomic E-state index is 0.150. The van der Waals surface area contributed by atoms with Crippen molar-refractivity contribution in [2.75, 3.05) is 33.9 Å². The number of carbonyl (C=O) groups is 1. The van der Waals surface area contributed by atoms with Crippen LogP contribution in [0.5, 0.6) is 17.2 Å². The van der Waals surface area contributed by atoms with Gasteiger partial charge in [0, 0.05) is 19.5 Å². The lowest BCUT2D eigenvalue weighted by Gasteiger charge is -2.26. The first-order valence-electron chi connectivity index (χ1n) is 11.6. The van der Waals surface area contributed by atoms with Gasteiger partial charge in [0.2, 0.25) is 15.9 Å². The van der Waals surface area contributed by atoms with Gasteiger partial charge in [-0.2, -0.15) is 4.31 Å². The Morgan fingerprint density at radius 2 is 1.68 bits per heavy atom. The highest BCUT2D eigenvalue weighted by atomic mass is 32.2. The van der Waals surface area contributed by atoms with Crippen molar-refractivity contribution in [3.05, 3.63) is 48.0 Å². The van der Waals surface area contributed by atoms with Crippen LogP contribution in [0.1, 0.15) is 38.2 Å². The molecule has 186 valence electrons. The van der Waals surface area contributed by atoms with E-state index in [1.165, 1.54) is 11.4 Å². The summed E-state index contributed by atoms with van der Waals surface area (Å²) in [6, 6.07) is 12.0. The van der Waals surface area contributed by atoms with E-state index in [4.69, 9.17) is 14.2 Å². The monoisotopic (exact) mass is 490 g/mol. The molecule has 2 aromatic rings. The molecule has 0 radical (unpaired) electrons. The molecule has 1 N–H and O–H groups in total. The van der Waals surface area contributed by atoms with Gasteiger partial charge in [0.05, 0.1) is 25.2 Å². The number of rotatable bonds is 11. The van der Waals surface area contributed by atoms with Crippen molar-refractivity contribution < 1.29 is 27.4 Å².